The fourth-order valence-electron chi connectivity index (χ4n) is 3.39. The molecule has 2 rings (SSSR count). The van der Waals surface area contributed by atoms with E-state index in [0.717, 1.165) is 17.8 Å². The van der Waals surface area contributed by atoms with Crippen LogP contribution in [0.5, 0.6) is 0 Å². The summed E-state index contributed by atoms with van der Waals surface area (Å²) in [6.07, 6.45) is 1.17. The Morgan fingerprint density at radius 2 is 1.82 bits per heavy atom. The van der Waals surface area contributed by atoms with Crippen LogP contribution in [-0.4, -0.2) is 26.6 Å². The van der Waals surface area contributed by atoms with Crippen LogP contribution >= 0.6 is 23.2 Å². The normalized spacial score (nSPS) is 11.5. The summed E-state index contributed by atoms with van der Waals surface area (Å²) < 4.78 is 2.07. The van der Waals surface area contributed by atoms with E-state index in [1.807, 2.05) is 37.8 Å². The number of nitrogens with zero attached hydrogens (tertiary/aromatic N) is 3. The van der Waals surface area contributed by atoms with Crippen molar-refractivity contribution in [1.82, 2.24) is 14.7 Å². The van der Waals surface area contributed by atoms with Crippen LogP contribution in [0.25, 0.3) is 0 Å². The Hall–Kier alpha value is -1.52. The summed E-state index contributed by atoms with van der Waals surface area (Å²) in [7, 11) is 0. The first kappa shape index (κ1) is 22.8. The van der Waals surface area contributed by atoms with Gasteiger partial charge in [0.2, 0.25) is 5.91 Å². The Kier molecular flexibility index (Phi) is 7.97. The second kappa shape index (κ2) is 9.80. The predicted molar refractivity (Wildman–Crippen MR) is 117 cm³/mol. The van der Waals surface area contributed by atoms with Crippen molar-refractivity contribution in [2.24, 2.45) is 5.92 Å². The number of benzene rings is 1. The number of hydrogen-bond donors (Lipinski definition) is 0. The van der Waals surface area contributed by atoms with E-state index in [9.17, 15) is 4.79 Å². The van der Waals surface area contributed by atoms with Gasteiger partial charge in [-0.05, 0) is 63.3 Å². The Morgan fingerprint density at radius 3 is 2.39 bits per heavy atom. The molecule has 1 heterocycles. The van der Waals surface area contributed by atoms with E-state index in [0.29, 0.717) is 35.3 Å². The number of carbonyl (C=O) groups is 1. The molecule has 0 bridgehead atoms. The molecule has 0 saturated heterocycles. The number of rotatable bonds is 8. The van der Waals surface area contributed by atoms with Crippen LogP contribution in [-0.2, 0) is 24.3 Å². The monoisotopic (exact) mass is 423 g/mol. The lowest BCUT2D eigenvalue weighted by molar-refractivity contribution is -0.133. The summed E-state index contributed by atoms with van der Waals surface area (Å²) in [6, 6.07) is 5.63. The van der Waals surface area contributed by atoms with Gasteiger partial charge in [-0.2, -0.15) is 5.10 Å². The van der Waals surface area contributed by atoms with E-state index in [4.69, 9.17) is 23.2 Å². The summed E-state index contributed by atoms with van der Waals surface area (Å²) in [5.41, 5.74) is 4.35. The number of aromatic nitrogens is 2. The Morgan fingerprint density at radius 1 is 1.14 bits per heavy atom. The van der Waals surface area contributed by atoms with E-state index in [2.05, 4.69) is 30.6 Å². The smallest absolute Gasteiger partial charge is 0.223 e. The highest BCUT2D eigenvalue weighted by molar-refractivity contribution is 6.42. The Labute approximate surface area is 178 Å². The van der Waals surface area contributed by atoms with E-state index < -0.39 is 0 Å². The maximum Gasteiger partial charge on any atom is 0.223 e. The maximum atomic E-state index is 13.0. The molecule has 0 N–H and O–H groups in total. The molecule has 0 unspecified atom stereocenters. The molecule has 0 radical (unpaired) electrons. The highest BCUT2D eigenvalue weighted by Crippen LogP contribution is 2.24. The van der Waals surface area contributed by atoms with Crippen molar-refractivity contribution in [2.75, 3.05) is 0 Å². The van der Waals surface area contributed by atoms with Gasteiger partial charge >= 0.3 is 0 Å². The SMILES string of the molecule is Cc1nn(CC(C)C)c(C)c1CCC(=O)N(Cc1ccc(Cl)c(Cl)c1)C(C)C. The van der Waals surface area contributed by atoms with Gasteiger partial charge < -0.3 is 4.90 Å². The van der Waals surface area contributed by atoms with Crippen LogP contribution in [0.2, 0.25) is 10.0 Å². The van der Waals surface area contributed by atoms with Crippen LogP contribution in [0.3, 0.4) is 0 Å². The van der Waals surface area contributed by atoms with Crippen LogP contribution < -0.4 is 0 Å². The van der Waals surface area contributed by atoms with Crippen LogP contribution in [0, 0.1) is 19.8 Å². The molecule has 6 heteroatoms. The second-order valence-electron chi connectivity index (χ2n) is 8.09. The summed E-state index contributed by atoms with van der Waals surface area (Å²) in [5.74, 6) is 0.673. The minimum absolute atomic E-state index is 0.104. The standard InChI is InChI=1S/C22H31Cl2N3O/c1-14(2)12-27-17(6)19(16(5)25-27)8-10-22(28)26(15(3)4)13-18-7-9-20(23)21(24)11-18/h7,9,11,14-15H,8,10,12-13H2,1-6H3. The van der Waals surface area contributed by atoms with Gasteiger partial charge in [-0.3, -0.25) is 9.48 Å². The first-order valence-electron chi connectivity index (χ1n) is 9.86. The van der Waals surface area contributed by atoms with E-state index >= 15 is 0 Å². The van der Waals surface area contributed by atoms with E-state index in [1.54, 1.807) is 6.07 Å². The lowest BCUT2D eigenvalue weighted by atomic mass is 10.1. The number of halogens is 2. The minimum atomic E-state index is 0.104. The molecule has 1 aromatic heterocycles. The zero-order chi connectivity index (χ0) is 21.0. The van der Waals surface area contributed by atoms with Crippen molar-refractivity contribution in [3.8, 4) is 0 Å². The quantitative estimate of drug-likeness (QED) is 0.535. The van der Waals surface area contributed by atoms with Crippen LogP contribution in [0.4, 0.5) is 0 Å². The third-order valence-electron chi connectivity index (χ3n) is 4.94. The molecule has 0 aliphatic carbocycles. The third-order valence-corrected chi connectivity index (χ3v) is 5.68. The third kappa shape index (κ3) is 5.74. The Bertz CT molecular complexity index is 827. The molecular formula is C22H31Cl2N3O. The number of carbonyl (C=O) groups excluding carboxylic acids is 1. The average Bonchev–Trinajstić information content (AvgIpc) is 2.86. The molecule has 1 amide bonds. The van der Waals surface area contributed by atoms with Gasteiger partial charge in [-0.1, -0.05) is 43.1 Å². The predicted octanol–water partition coefficient (Wildman–Crippen LogP) is 5.83. The highest BCUT2D eigenvalue weighted by atomic mass is 35.5. The molecule has 4 nitrogen and oxygen atoms in total. The molecule has 0 saturated carbocycles. The van der Waals surface area contributed by atoms with Gasteiger partial charge in [0, 0.05) is 31.2 Å². The molecular weight excluding hydrogens is 393 g/mol. The van der Waals surface area contributed by atoms with E-state index in [1.165, 1.54) is 11.3 Å². The van der Waals surface area contributed by atoms with Gasteiger partial charge in [0.1, 0.15) is 0 Å². The van der Waals surface area contributed by atoms with E-state index in [-0.39, 0.29) is 11.9 Å². The summed E-state index contributed by atoms with van der Waals surface area (Å²) in [4.78, 5) is 14.9. The van der Waals surface area contributed by atoms with Crippen molar-refractivity contribution >= 4 is 29.1 Å². The molecule has 0 fully saturated rings. The maximum absolute atomic E-state index is 13.0. The molecule has 0 aliphatic rings. The van der Waals surface area contributed by atoms with Gasteiger partial charge in [-0.15, -0.1) is 0 Å². The molecule has 1 aromatic carbocycles. The number of hydrogen-bond acceptors (Lipinski definition) is 2. The van der Waals surface area contributed by atoms with Crippen molar-refractivity contribution in [1.29, 1.82) is 0 Å². The first-order chi connectivity index (χ1) is 13.1. The lowest BCUT2D eigenvalue weighted by Gasteiger charge is -2.27. The van der Waals surface area contributed by atoms with Gasteiger partial charge in [0.25, 0.3) is 0 Å². The van der Waals surface area contributed by atoms with Crippen molar-refractivity contribution < 1.29 is 4.79 Å². The second-order valence-corrected chi connectivity index (χ2v) is 8.90. The molecule has 0 spiro atoms. The Balaban J connectivity index is 2.08. The van der Waals surface area contributed by atoms with Gasteiger partial charge in [-0.25, -0.2) is 0 Å². The fourth-order valence-corrected chi connectivity index (χ4v) is 3.71. The summed E-state index contributed by atoms with van der Waals surface area (Å²) in [5, 5.41) is 5.70. The van der Waals surface area contributed by atoms with Crippen LogP contribution in [0.15, 0.2) is 18.2 Å². The molecule has 0 atom stereocenters. The fraction of sp³-hybridized carbons (Fsp3) is 0.545. The van der Waals surface area contributed by atoms with Gasteiger partial charge in [0.15, 0.2) is 0 Å². The topological polar surface area (TPSA) is 38.1 Å². The zero-order valence-corrected chi connectivity index (χ0v) is 19.2. The van der Waals surface area contributed by atoms with Crippen LogP contribution in [0.1, 0.15) is 56.6 Å². The van der Waals surface area contributed by atoms with Gasteiger partial charge in [0.05, 0.1) is 15.7 Å². The molecule has 28 heavy (non-hydrogen) atoms. The zero-order valence-electron chi connectivity index (χ0n) is 17.7. The average molecular weight is 424 g/mol. The largest absolute Gasteiger partial charge is 0.336 e. The molecule has 0 aliphatic heterocycles. The summed E-state index contributed by atoms with van der Waals surface area (Å²) >= 11 is 12.1. The number of amides is 1. The minimum Gasteiger partial charge on any atom is -0.336 e. The van der Waals surface area contributed by atoms with Crippen molar-refractivity contribution in [3.63, 3.8) is 0 Å². The first-order valence-corrected chi connectivity index (χ1v) is 10.6. The summed E-state index contributed by atoms with van der Waals surface area (Å²) in [6.45, 7) is 14.0. The lowest BCUT2D eigenvalue weighted by Crippen LogP contribution is -2.36. The highest BCUT2D eigenvalue weighted by Gasteiger charge is 2.20. The van der Waals surface area contributed by atoms with Crippen molar-refractivity contribution in [2.45, 2.75) is 73.5 Å². The number of aryl methyl sites for hydroxylation is 1. The molecule has 154 valence electrons. The molecule has 2 aromatic rings. The van der Waals surface area contributed by atoms with Crippen molar-refractivity contribution in [3.05, 3.63) is 50.8 Å².